The maximum absolute atomic E-state index is 12.2. The lowest BCUT2D eigenvalue weighted by atomic mass is 10.1. The van der Waals surface area contributed by atoms with Gasteiger partial charge in [0.15, 0.2) is 0 Å². The van der Waals surface area contributed by atoms with E-state index >= 15 is 0 Å². The summed E-state index contributed by atoms with van der Waals surface area (Å²) in [4.78, 5) is 16.6. The quantitative estimate of drug-likeness (QED) is 0.634. The summed E-state index contributed by atoms with van der Waals surface area (Å²) in [5.41, 5.74) is 2.44. The van der Waals surface area contributed by atoms with Gasteiger partial charge in [-0.2, -0.15) is 0 Å². The third kappa shape index (κ3) is 5.21. The van der Waals surface area contributed by atoms with Crippen LogP contribution in [0, 0.1) is 0 Å². The molecule has 5 nitrogen and oxygen atoms in total. The molecule has 0 spiro atoms. The molecule has 0 saturated carbocycles. The van der Waals surface area contributed by atoms with Crippen LogP contribution in [0.15, 0.2) is 66.9 Å². The SMILES string of the molecule is COc1ccccc1Nc1ccc(C(=O)NCCc2ccc(Cl)cc2)cn1. The van der Waals surface area contributed by atoms with Crippen LogP contribution in [0.3, 0.4) is 0 Å². The van der Waals surface area contributed by atoms with Crippen LogP contribution in [0.2, 0.25) is 5.02 Å². The predicted octanol–water partition coefficient (Wildman–Crippen LogP) is 4.46. The first-order valence-corrected chi connectivity index (χ1v) is 8.92. The van der Waals surface area contributed by atoms with Crippen molar-refractivity contribution in [3.63, 3.8) is 0 Å². The van der Waals surface area contributed by atoms with Crippen molar-refractivity contribution >= 4 is 29.0 Å². The zero-order valence-corrected chi connectivity index (χ0v) is 15.7. The van der Waals surface area contributed by atoms with Crippen molar-refractivity contribution < 1.29 is 9.53 Å². The van der Waals surface area contributed by atoms with E-state index in [2.05, 4.69) is 15.6 Å². The maximum atomic E-state index is 12.2. The smallest absolute Gasteiger partial charge is 0.252 e. The number of amides is 1. The lowest BCUT2D eigenvalue weighted by molar-refractivity contribution is 0.0954. The largest absolute Gasteiger partial charge is 0.495 e. The van der Waals surface area contributed by atoms with Crippen LogP contribution in [0.1, 0.15) is 15.9 Å². The minimum atomic E-state index is -0.152. The normalized spacial score (nSPS) is 10.3. The second-order valence-electron chi connectivity index (χ2n) is 5.89. The fourth-order valence-corrected chi connectivity index (χ4v) is 2.69. The highest BCUT2D eigenvalue weighted by atomic mass is 35.5. The van der Waals surface area contributed by atoms with Crippen molar-refractivity contribution in [1.29, 1.82) is 0 Å². The fourth-order valence-electron chi connectivity index (χ4n) is 2.56. The number of methoxy groups -OCH3 is 1. The number of hydrogen-bond acceptors (Lipinski definition) is 4. The molecule has 0 aliphatic heterocycles. The van der Waals surface area contributed by atoms with Gasteiger partial charge in [0.2, 0.25) is 0 Å². The van der Waals surface area contributed by atoms with Crippen molar-refractivity contribution in [2.24, 2.45) is 0 Å². The van der Waals surface area contributed by atoms with Gasteiger partial charge in [0, 0.05) is 17.8 Å². The van der Waals surface area contributed by atoms with Crippen LogP contribution in [-0.4, -0.2) is 24.5 Å². The molecule has 1 heterocycles. The standard InChI is InChI=1S/C21H20ClN3O2/c1-27-19-5-3-2-4-18(19)25-20-11-8-16(14-24-20)21(26)23-13-12-15-6-9-17(22)10-7-15/h2-11,14H,12-13H2,1H3,(H,23,26)(H,24,25). The molecule has 0 radical (unpaired) electrons. The zero-order chi connectivity index (χ0) is 19.1. The Hall–Kier alpha value is -3.05. The number of anilines is 2. The zero-order valence-electron chi connectivity index (χ0n) is 14.9. The Morgan fingerprint density at radius 1 is 1.07 bits per heavy atom. The summed E-state index contributed by atoms with van der Waals surface area (Å²) in [6.07, 6.45) is 2.29. The average Bonchev–Trinajstić information content (AvgIpc) is 2.70. The lowest BCUT2D eigenvalue weighted by Gasteiger charge is -2.10. The summed E-state index contributed by atoms with van der Waals surface area (Å²) in [5.74, 6) is 1.21. The van der Waals surface area contributed by atoms with E-state index in [9.17, 15) is 4.79 Å². The number of halogens is 1. The first-order chi connectivity index (χ1) is 13.2. The van der Waals surface area contributed by atoms with E-state index in [1.807, 2.05) is 48.5 Å². The van der Waals surface area contributed by atoms with Gasteiger partial charge in [0.05, 0.1) is 18.4 Å². The summed E-state index contributed by atoms with van der Waals surface area (Å²) < 4.78 is 5.31. The first kappa shape index (κ1) is 18.7. The Kier molecular flexibility index (Phi) is 6.28. The van der Waals surface area contributed by atoms with E-state index in [0.717, 1.165) is 23.4 Å². The maximum Gasteiger partial charge on any atom is 0.252 e. The third-order valence-corrected chi connectivity index (χ3v) is 4.26. The summed E-state index contributed by atoms with van der Waals surface area (Å²) >= 11 is 5.87. The second kappa shape index (κ2) is 9.05. The van der Waals surface area contributed by atoms with E-state index in [4.69, 9.17) is 16.3 Å². The molecule has 0 atom stereocenters. The molecule has 0 unspecified atom stereocenters. The van der Waals surface area contributed by atoms with Crippen LogP contribution in [0.25, 0.3) is 0 Å². The molecular formula is C21H20ClN3O2. The Morgan fingerprint density at radius 2 is 1.85 bits per heavy atom. The van der Waals surface area contributed by atoms with Gasteiger partial charge in [-0.1, -0.05) is 35.9 Å². The van der Waals surface area contributed by atoms with Gasteiger partial charge in [-0.3, -0.25) is 4.79 Å². The molecule has 3 aromatic rings. The number of carbonyl (C=O) groups excluding carboxylic acids is 1. The molecule has 0 fully saturated rings. The van der Waals surface area contributed by atoms with Gasteiger partial charge >= 0.3 is 0 Å². The van der Waals surface area contributed by atoms with Gasteiger partial charge < -0.3 is 15.4 Å². The van der Waals surface area contributed by atoms with E-state index in [1.54, 1.807) is 25.4 Å². The van der Waals surface area contributed by atoms with Gasteiger partial charge in [-0.05, 0) is 48.4 Å². The minimum Gasteiger partial charge on any atom is -0.495 e. The number of para-hydroxylation sites is 2. The molecule has 1 aromatic heterocycles. The van der Waals surface area contributed by atoms with Crippen LogP contribution >= 0.6 is 11.6 Å². The number of hydrogen-bond donors (Lipinski definition) is 2. The highest BCUT2D eigenvalue weighted by Gasteiger charge is 2.07. The molecule has 1 amide bonds. The topological polar surface area (TPSA) is 63.2 Å². The first-order valence-electron chi connectivity index (χ1n) is 8.54. The number of ether oxygens (including phenoxy) is 1. The van der Waals surface area contributed by atoms with Crippen LogP contribution < -0.4 is 15.4 Å². The fraction of sp³-hybridized carbons (Fsp3) is 0.143. The van der Waals surface area contributed by atoms with Crippen molar-refractivity contribution in [3.05, 3.63) is 83.0 Å². The summed E-state index contributed by atoms with van der Waals surface area (Å²) in [7, 11) is 1.62. The third-order valence-electron chi connectivity index (χ3n) is 4.01. The predicted molar refractivity (Wildman–Crippen MR) is 108 cm³/mol. The number of pyridine rings is 1. The van der Waals surface area contributed by atoms with Gasteiger partial charge in [-0.25, -0.2) is 4.98 Å². The highest BCUT2D eigenvalue weighted by molar-refractivity contribution is 6.30. The molecule has 138 valence electrons. The van der Waals surface area contributed by atoms with E-state index in [-0.39, 0.29) is 5.91 Å². The Labute approximate surface area is 163 Å². The molecule has 0 bridgehead atoms. The molecule has 0 saturated heterocycles. The molecular weight excluding hydrogens is 362 g/mol. The van der Waals surface area contributed by atoms with Crippen LogP contribution in [0.4, 0.5) is 11.5 Å². The number of nitrogens with one attached hydrogen (secondary N) is 2. The van der Waals surface area contributed by atoms with Gasteiger partial charge in [0.1, 0.15) is 11.6 Å². The van der Waals surface area contributed by atoms with Gasteiger partial charge in [0.25, 0.3) is 5.91 Å². The minimum absolute atomic E-state index is 0.152. The van der Waals surface area contributed by atoms with Crippen LogP contribution in [0.5, 0.6) is 5.75 Å². The lowest BCUT2D eigenvalue weighted by Crippen LogP contribution is -2.25. The highest BCUT2D eigenvalue weighted by Crippen LogP contribution is 2.26. The molecule has 0 aliphatic carbocycles. The van der Waals surface area contributed by atoms with Crippen molar-refractivity contribution in [2.45, 2.75) is 6.42 Å². The van der Waals surface area contributed by atoms with E-state index < -0.39 is 0 Å². The van der Waals surface area contributed by atoms with E-state index in [0.29, 0.717) is 22.9 Å². The second-order valence-corrected chi connectivity index (χ2v) is 6.33. The molecule has 2 aromatic carbocycles. The molecule has 3 rings (SSSR count). The van der Waals surface area contributed by atoms with E-state index in [1.165, 1.54) is 0 Å². The van der Waals surface area contributed by atoms with Gasteiger partial charge in [-0.15, -0.1) is 0 Å². The Morgan fingerprint density at radius 3 is 2.56 bits per heavy atom. The summed E-state index contributed by atoms with van der Waals surface area (Å²) in [6.45, 7) is 0.543. The number of aromatic nitrogens is 1. The Balaban J connectivity index is 1.54. The van der Waals surface area contributed by atoms with Crippen LogP contribution in [-0.2, 0) is 6.42 Å². The average molecular weight is 382 g/mol. The molecule has 2 N–H and O–H groups in total. The Bertz CT molecular complexity index is 896. The summed E-state index contributed by atoms with van der Waals surface area (Å²) in [5, 5.41) is 6.78. The molecule has 6 heteroatoms. The summed E-state index contributed by atoms with van der Waals surface area (Å²) in [6, 6.07) is 18.7. The number of rotatable bonds is 7. The van der Waals surface area contributed by atoms with Crippen molar-refractivity contribution in [2.75, 3.05) is 19.0 Å². The number of carbonyl (C=O) groups is 1. The number of benzene rings is 2. The van der Waals surface area contributed by atoms with Crippen molar-refractivity contribution in [1.82, 2.24) is 10.3 Å². The number of nitrogens with zero attached hydrogens (tertiary/aromatic N) is 1. The van der Waals surface area contributed by atoms with Crippen molar-refractivity contribution in [3.8, 4) is 5.75 Å². The molecule has 27 heavy (non-hydrogen) atoms. The molecule has 0 aliphatic rings. The monoisotopic (exact) mass is 381 g/mol.